The SMILES string of the molecule is CC(C)CS[C@@H]1CC2=CC(=O)O[C@@]23C[C@@H]1N1CCCCC13. The van der Waals surface area contributed by atoms with Crippen LogP contribution in [-0.2, 0) is 9.53 Å². The van der Waals surface area contributed by atoms with E-state index in [4.69, 9.17) is 4.74 Å². The average Bonchev–Trinajstić information content (AvgIpc) is 2.93. The van der Waals surface area contributed by atoms with Gasteiger partial charge in [-0.25, -0.2) is 4.79 Å². The number of hydrogen-bond donors (Lipinski definition) is 0. The zero-order valence-electron chi connectivity index (χ0n) is 13.0. The van der Waals surface area contributed by atoms with Crippen LogP contribution in [0.15, 0.2) is 11.6 Å². The van der Waals surface area contributed by atoms with E-state index in [1.54, 1.807) is 0 Å². The lowest BCUT2D eigenvalue weighted by molar-refractivity contribution is -0.148. The minimum absolute atomic E-state index is 0.0920. The van der Waals surface area contributed by atoms with Crippen molar-refractivity contribution in [3.8, 4) is 0 Å². The first-order valence-corrected chi connectivity index (χ1v) is 9.46. The lowest BCUT2D eigenvalue weighted by Gasteiger charge is -2.38. The van der Waals surface area contributed by atoms with Gasteiger partial charge in [0.1, 0.15) is 0 Å². The number of ether oxygens (including phenoxy) is 1. The number of esters is 1. The first kappa shape index (κ1) is 14.1. The maximum absolute atomic E-state index is 11.9. The lowest BCUT2D eigenvalue weighted by atomic mass is 9.77. The molecule has 1 unspecified atom stereocenters. The number of fused-ring (bicyclic) bond motifs is 3. The fourth-order valence-corrected chi connectivity index (χ4v) is 6.23. The highest BCUT2D eigenvalue weighted by atomic mass is 32.2. The monoisotopic (exact) mass is 307 g/mol. The van der Waals surface area contributed by atoms with Crippen molar-refractivity contribution in [2.45, 2.75) is 68.9 Å². The molecule has 0 aromatic carbocycles. The molecule has 2 bridgehead atoms. The average molecular weight is 307 g/mol. The van der Waals surface area contributed by atoms with Crippen molar-refractivity contribution in [3.63, 3.8) is 0 Å². The van der Waals surface area contributed by atoms with E-state index in [0.29, 0.717) is 17.3 Å². The molecule has 1 aliphatic carbocycles. The molecule has 1 saturated carbocycles. The number of rotatable bonds is 3. The quantitative estimate of drug-likeness (QED) is 0.750. The second-order valence-electron chi connectivity index (χ2n) is 7.47. The Kier molecular flexibility index (Phi) is 3.38. The maximum atomic E-state index is 11.9. The number of nitrogens with zero attached hydrogens (tertiary/aromatic N) is 1. The summed E-state index contributed by atoms with van der Waals surface area (Å²) in [5, 5.41) is 0.643. The van der Waals surface area contributed by atoms with Gasteiger partial charge in [0, 0.05) is 23.8 Å². The molecule has 0 aromatic rings. The molecule has 2 saturated heterocycles. The van der Waals surface area contributed by atoms with Crippen molar-refractivity contribution in [1.82, 2.24) is 4.90 Å². The Hall–Kier alpha value is -0.480. The molecule has 3 fully saturated rings. The van der Waals surface area contributed by atoms with Gasteiger partial charge >= 0.3 is 5.97 Å². The number of thioether (sulfide) groups is 1. The molecule has 1 spiro atoms. The number of carbonyl (C=O) groups excluding carboxylic acids is 1. The Balaban J connectivity index is 1.64. The van der Waals surface area contributed by atoms with Crippen LogP contribution in [0.4, 0.5) is 0 Å². The van der Waals surface area contributed by atoms with E-state index >= 15 is 0 Å². The Morgan fingerprint density at radius 3 is 3.14 bits per heavy atom. The first-order valence-electron chi connectivity index (χ1n) is 8.41. The Morgan fingerprint density at radius 2 is 2.33 bits per heavy atom. The number of carbonyl (C=O) groups is 1. The highest BCUT2D eigenvalue weighted by Gasteiger charge is 2.63. The Bertz CT molecular complexity index is 489. The molecule has 0 N–H and O–H groups in total. The molecular formula is C17H25NO2S. The predicted octanol–water partition coefficient (Wildman–Crippen LogP) is 3.00. The predicted molar refractivity (Wildman–Crippen MR) is 85.4 cm³/mol. The van der Waals surface area contributed by atoms with E-state index in [9.17, 15) is 4.79 Å². The second kappa shape index (κ2) is 5.02. The van der Waals surface area contributed by atoms with Crippen molar-refractivity contribution in [3.05, 3.63) is 11.6 Å². The smallest absolute Gasteiger partial charge is 0.331 e. The van der Waals surface area contributed by atoms with E-state index in [0.717, 1.165) is 18.8 Å². The van der Waals surface area contributed by atoms with E-state index < -0.39 is 0 Å². The molecule has 3 nitrogen and oxygen atoms in total. The van der Waals surface area contributed by atoms with Crippen LogP contribution in [0.2, 0.25) is 0 Å². The van der Waals surface area contributed by atoms with Gasteiger partial charge < -0.3 is 4.74 Å². The van der Waals surface area contributed by atoms with Crippen LogP contribution in [0.1, 0.15) is 46.0 Å². The Labute approximate surface area is 131 Å². The summed E-state index contributed by atoms with van der Waals surface area (Å²) in [5.74, 6) is 1.86. The van der Waals surface area contributed by atoms with Crippen LogP contribution >= 0.6 is 11.8 Å². The van der Waals surface area contributed by atoms with Gasteiger partial charge in [0.25, 0.3) is 0 Å². The summed E-state index contributed by atoms with van der Waals surface area (Å²) in [5.41, 5.74) is 1.07. The second-order valence-corrected chi connectivity index (χ2v) is 8.74. The third kappa shape index (κ3) is 2.09. The van der Waals surface area contributed by atoms with Crippen molar-refractivity contribution in [1.29, 1.82) is 0 Å². The molecule has 4 rings (SSSR count). The fourth-order valence-electron chi connectivity index (χ4n) is 4.82. The number of hydrogen-bond acceptors (Lipinski definition) is 4. The zero-order valence-corrected chi connectivity index (χ0v) is 13.8. The van der Waals surface area contributed by atoms with Crippen molar-refractivity contribution >= 4 is 17.7 Å². The maximum Gasteiger partial charge on any atom is 0.331 e. The van der Waals surface area contributed by atoms with E-state index in [1.807, 2.05) is 6.08 Å². The zero-order chi connectivity index (χ0) is 14.6. The van der Waals surface area contributed by atoms with Crippen molar-refractivity contribution in [2.24, 2.45) is 5.92 Å². The first-order chi connectivity index (χ1) is 10.1. The number of piperidine rings is 1. The van der Waals surface area contributed by atoms with Crippen molar-refractivity contribution in [2.75, 3.05) is 12.3 Å². The van der Waals surface area contributed by atoms with E-state index in [1.165, 1.54) is 37.1 Å². The summed E-state index contributed by atoms with van der Waals surface area (Å²) in [7, 11) is 0. The molecule has 0 amide bonds. The van der Waals surface area contributed by atoms with Gasteiger partial charge in [-0.3, -0.25) is 4.90 Å². The van der Waals surface area contributed by atoms with Gasteiger partial charge in [0.2, 0.25) is 0 Å². The van der Waals surface area contributed by atoms with Gasteiger partial charge in [-0.1, -0.05) is 20.3 Å². The molecule has 4 aliphatic rings. The highest BCUT2D eigenvalue weighted by Crippen LogP contribution is 2.56. The third-order valence-electron chi connectivity index (χ3n) is 5.63. The normalized spacial score (nSPS) is 41.8. The summed E-state index contributed by atoms with van der Waals surface area (Å²) in [6.07, 6.45) is 7.70. The van der Waals surface area contributed by atoms with Crippen LogP contribution in [0.5, 0.6) is 0 Å². The third-order valence-corrected chi connectivity index (χ3v) is 7.40. The lowest BCUT2D eigenvalue weighted by Crippen LogP contribution is -2.48. The molecule has 0 aromatic heterocycles. The van der Waals surface area contributed by atoms with E-state index in [2.05, 4.69) is 30.5 Å². The molecule has 3 heterocycles. The molecule has 3 aliphatic heterocycles. The highest BCUT2D eigenvalue weighted by molar-refractivity contribution is 7.99. The molecule has 0 radical (unpaired) electrons. The molecule has 116 valence electrons. The van der Waals surface area contributed by atoms with Crippen LogP contribution in [-0.4, -0.2) is 46.1 Å². The summed E-state index contributed by atoms with van der Waals surface area (Å²) >= 11 is 2.12. The van der Waals surface area contributed by atoms with Crippen LogP contribution < -0.4 is 0 Å². The Morgan fingerprint density at radius 1 is 1.48 bits per heavy atom. The standard InChI is InChI=1S/C17H25NO2S/c1-11(2)10-21-14-7-12-8-16(19)20-17(12)9-13(14)18-6-4-3-5-15(17)18/h8,11,13-15H,3-7,9-10H2,1-2H3/t13-,14+,15?,17-/m0/s1. The van der Waals surface area contributed by atoms with Gasteiger partial charge in [-0.2, -0.15) is 11.8 Å². The molecule has 4 heteroatoms. The molecular weight excluding hydrogens is 282 g/mol. The topological polar surface area (TPSA) is 29.5 Å². The van der Waals surface area contributed by atoms with E-state index in [-0.39, 0.29) is 11.6 Å². The van der Waals surface area contributed by atoms with Crippen molar-refractivity contribution < 1.29 is 9.53 Å². The summed E-state index contributed by atoms with van der Waals surface area (Å²) in [6.45, 7) is 5.78. The van der Waals surface area contributed by atoms with Gasteiger partial charge in [0.15, 0.2) is 5.60 Å². The minimum Gasteiger partial charge on any atom is -0.450 e. The largest absolute Gasteiger partial charge is 0.450 e. The summed E-state index contributed by atoms with van der Waals surface area (Å²) in [4.78, 5) is 14.6. The van der Waals surface area contributed by atoms with Crippen LogP contribution in [0.3, 0.4) is 0 Å². The van der Waals surface area contributed by atoms with Gasteiger partial charge in [0.05, 0.1) is 6.04 Å². The van der Waals surface area contributed by atoms with Crippen LogP contribution in [0, 0.1) is 5.92 Å². The minimum atomic E-state index is -0.239. The van der Waals surface area contributed by atoms with Gasteiger partial charge in [-0.15, -0.1) is 0 Å². The summed E-state index contributed by atoms with van der Waals surface area (Å²) in [6, 6.07) is 1.07. The van der Waals surface area contributed by atoms with Gasteiger partial charge in [-0.05, 0) is 43.1 Å². The van der Waals surface area contributed by atoms with Crippen LogP contribution in [0.25, 0.3) is 0 Å². The summed E-state index contributed by atoms with van der Waals surface area (Å²) < 4.78 is 5.90. The fraction of sp³-hybridized carbons (Fsp3) is 0.824. The molecule has 21 heavy (non-hydrogen) atoms. The molecule has 4 atom stereocenters.